The number of rotatable bonds is 0. The maximum atomic E-state index is 9.60. The molecule has 0 fully saturated rings. The molecule has 4 N–H and O–H groups in total. The van der Waals surface area contributed by atoms with Crippen LogP contribution in [0.5, 0.6) is 5.75 Å². The molecule has 0 saturated heterocycles. The molecule has 1 aromatic heterocycles. The van der Waals surface area contributed by atoms with E-state index in [0.717, 1.165) is 11.2 Å². The van der Waals surface area contributed by atoms with Crippen molar-refractivity contribution in [2.24, 2.45) is 0 Å². The highest BCUT2D eigenvalue weighted by atomic mass is 16.3. The summed E-state index contributed by atoms with van der Waals surface area (Å²) in [5.74, 6) is 0.00783. The first kappa shape index (κ1) is 11.3. The van der Waals surface area contributed by atoms with Crippen molar-refractivity contribution in [3.05, 3.63) is 23.4 Å². The summed E-state index contributed by atoms with van der Waals surface area (Å²) in [7, 11) is 0. The fourth-order valence-corrected chi connectivity index (χ4v) is 1.98. The van der Waals surface area contributed by atoms with E-state index < -0.39 is 0 Å². The summed E-state index contributed by atoms with van der Waals surface area (Å²) in [6.45, 7) is 6.07. The van der Waals surface area contributed by atoms with Gasteiger partial charge in [-0.2, -0.15) is 5.26 Å². The zero-order valence-corrected chi connectivity index (χ0v) is 10.1. The molecule has 2 aromatic rings. The molecular formula is C13H15N3O. The average molecular weight is 229 g/mol. The van der Waals surface area contributed by atoms with Crippen molar-refractivity contribution in [2.75, 3.05) is 5.73 Å². The summed E-state index contributed by atoms with van der Waals surface area (Å²) < 4.78 is 0. The highest BCUT2D eigenvalue weighted by molar-refractivity contribution is 5.99. The van der Waals surface area contributed by atoms with Gasteiger partial charge in [0, 0.05) is 22.0 Å². The molecule has 0 radical (unpaired) electrons. The van der Waals surface area contributed by atoms with Crippen LogP contribution in [0.25, 0.3) is 10.9 Å². The zero-order chi connectivity index (χ0) is 12.8. The van der Waals surface area contributed by atoms with E-state index in [1.807, 2.05) is 20.8 Å². The number of nitriles is 1. The number of nitrogens with one attached hydrogen (secondary N) is 1. The van der Waals surface area contributed by atoms with Crippen LogP contribution < -0.4 is 5.73 Å². The Bertz CT molecular complexity index is 627. The maximum absolute atomic E-state index is 9.60. The molecule has 0 atom stereocenters. The normalized spacial score (nSPS) is 11.6. The number of anilines is 1. The number of hydrogen-bond donors (Lipinski definition) is 3. The number of aromatic amines is 1. The zero-order valence-electron chi connectivity index (χ0n) is 10.1. The van der Waals surface area contributed by atoms with Crippen molar-refractivity contribution in [3.8, 4) is 11.8 Å². The SMILES string of the molecule is CC(C)(C)c1[nH]c2ccc(O)c(N)c2c1C#N. The molecule has 2 rings (SSSR count). The molecule has 0 unspecified atom stereocenters. The summed E-state index contributed by atoms with van der Waals surface area (Å²) in [4.78, 5) is 3.21. The van der Waals surface area contributed by atoms with Gasteiger partial charge in [-0.05, 0) is 12.1 Å². The highest BCUT2D eigenvalue weighted by Gasteiger charge is 2.24. The van der Waals surface area contributed by atoms with Gasteiger partial charge < -0.3 is 15.8 Å². The molecule has 4 heteroatoms. The van der Waals surface area contributed by atoms with Gasteiger partial charge in [0.05, 0.1) is 11.3 Å². The Morgan fingerprint density at radius 3 is 2.53 bits per heavy atom. The van der Waals surface area contributed by atoms with Crippen LogP contribution in [-0.2, 0) is 5.41 Å². The lowest BCUT2D eigenvalue weighted by atomic mass is 9.89. The van der Waals surface area contributed by atoms with Crippen LogP contribution in [0.4, 0.5) is 5.69 Å². The van der Waals surface area contributed by atoms with Crippen molar-refractivity contribution in [3.63, 3.8) is 0 Å². The number of aromatic hydroxyl groups is 1. The smallest absolute Gasteiger partial charge is 0.139 e. The highest BCUT2D eigenvalue weighted by Crippen LogP contribution is 2.37. The van der Waals surface area contributed by atoms with Gasteiger partial charge in [-0.15, -0.1) is 0 Å². The maximum Gasteiger partial charge on any atom is 0.139 e. The first-order valence-electron chi connectivity index (χ1n) is 5.40. The molecule has 0 spiro atoms. The Morgan fingerprint density at radius 2 is 2.00 bits per heavy atom. The Morgan fingerprint density at radius 1 is 1.35 bits per heavy atom. The van der Waals surface area contributed by atoms with E-state index in [9.17, 15) is 10.4 Å². The Labute approximate surface area is 99.7 Å². The van der Waals surface area contributed by atoms with Crippen molar-refractivity contribution < 1.29 is 5.11 Å². The van der Waals surface area contributed by atoms with Gasteiger partial charge in [0.2, 0.25) is 0 Å². The van der Waals surface area contributed by atoms with E-state index in [-0.39, 0.29) is 16.9 Å². The molecule has 0 aliphatic heterocycles. The van der Waals surface area contributed by atoms with E-state index in [1.165, 1.54) is 6.07 Å². The third kappa shape index (κ3) is 1.60. The number of fused-ring (bicyclic) bond motifs is 1. The van der Waals surface area contributed by atoms with E-state index >= 15 is 0 Å². The van der Waals surface area contributed by atoms with Gasteiger partial charge in [-0.3, -0.25) is 0 Å². The first-order valence-corrected chi connectivity index (χ1v) is 5.40. The fourth-order valence-electron chi connectivity index (χ4n) is 1.98. The fraction of sp³-hybridized carbons (Fsp3) is 0.308. The molecule has 0 aliphatic rings. The Balaban J connectivity index is 2.93. The molecule has 0 amide bonds. The van der Waals surface area contributed by atoms with Gasteiger partial charge in [0.1, 0.15) is 11.8 Å². The van der Waals surface area contributed by atoms with E-state index in [4.69, 9.17) is 5.73 Å². The molecule has 0 saturated carbocycles. The van der Waals surface area contributed by atoms with Gasteiger partial charge >= 0.3 is 0 Å². The molecule has 88 valence electrons. The minimum Gasteiger partial charge on any atom is -0.506 e. The predicted octanol–water partition coefficient (Wildman–Crippen LogP) is 2.62. The van der Waals surface area contributed by atoms with Crippen LogP contribution >= 0.6 is 0 Å². The summed E-state index contributed by atoms with van der Waals surface area (Å²) in [5, 5.41) is 19.5. The topological polar surface area (TPSA) is 85.8 Å². The Hall–Kier alpha value is -2.15. The third-order valence-corrected chi connectivity index (χ3v) is 2.84. The van der Waals surface area contributed by atoms with E-state index in [1.54, 1.807) is 6.07 Å². The quantitative estimate of drug-likeness (QED) is 0.479. The van der Waals surface area contributed by atoms with Crippen molar-refractivity contribution >= 4 is 16.6 Å². The summed E-state index contributed by atoms with van der Waals surface area (Å²) >= 11 is 0. The van der Waals surface area contributed by atoms with Gasteiger partial charge in [-0.25, -0.2) is 0 Å². The molecule has 17 heavy (non-hydrogen) atoms. The van der Waals surface area contributed by atoms with Crippen molar-refractivity contribution in [2.45, 2.75) is 26.2 Å². The minimum absolute atomic E-state index is 0.00783. The lowest BCUT2D eigenvalue weighted by molar-refractivity contribution is 0.478. The summed E-state index contributed by atoms with van der Waals surface area (Å²) in [5.41, 5.74) is 8.05. The lowest BCUT2D eigenvalue weighted by Crippen LogP contribution is -2.13. The molecule has 1 heterocycles. The average Bonchev–Trinajstić information content (AvgIpc) is 2.62. The Kier molecular flexibility index (Phi) is 2.28. The number of phenols is 1. The van der Waals surface area contributed by atoms with Crippen molar-refractivity contribution in [1.82, 2.24) is 4.98 Å². The predicted molar refractivity (Wildman–Crippen MR) is 67.8 cm³/mol. The number of nitrogen functional groups attached to an aromatic ring is 1. The van der Waals surface area contributed by atoms with Crippen LogP contribution in [-0.4, -0.2) is 10.1 Å². The monoisotopic (exact) mass is 229 g/mol. The van der Waals surface area contributed by atoms with Crippen LogP contribution in [0.1, 0.15) is 32.0 Å². The number of nitrogens with zero attached hydrogens (tertiary/aromatic N) is 1. The number of hydrogen-bond acceptors (Lipinski definition) is 3. The standard InChI is InChI=1S/C13H15N3O/c1-13(2,3)12-7(6-14)10-8(16-12)4-5-9(17)11(10)15/h4-5,16-17H,15H2,1-3H3. The van der Waals surface area contributed by atoms with Crippen LogP contribution in [0, 0.1) is 11.3 Å². The van der Waals surface area contributed by atoms with Gasteiger partial charge in [-0.1, -0.05) is 20.8 Å². The lowest BCUT2D eigenvalue weighted by Gasteiger charge is -2.16. The van der Waals surface area contributed by atoms with Gasteiger partial charge in [0.15, 0.2) is 0 Å². The number of phenolic OH excluding ortho intramolecular Hbond substituents is 1. The minimum atomic E-state index is -0.174. The molecule has 0 aliphatic carbocycles. The van der Waals surface area contributed by atoms with Crippen molar-refractivity contribution in [1.29, 1.82) is 5.26 Å². The number of nitrogens with two attached hydrogens (primary N) is 1. The van der Waals surface area contributed by atoms with Crippen LogP contribution in [0.15, 0.2) is 12.1 Å². The number of aromatic nitrogens is 1. The molecule has 0 bridgehead atoms. The van der Waals surface area contributed by atoms with Gasteiger partial charge in [0.25, 0.3) is 0 Å². The second kappa shape index (κ2) is 3.42. The number of benzene rings is 1. The summed E-state index contributed by atoms with van der Waals surface area (Å²) in [6.07, 6.45) is 0. The summed E-state index contributed by atoms with van der Waals surface area (Å²) in [6, 6.07) is 5.43. The second-order valence-corrected chi connectivity index (χ2v) is 5.16. The van der Waals surface area contributed by atoms with Crippen LogP contribution in [0.3, 0.4) is 0 Å². The first-order chi connectivity index (χ1) is 7.86. The van der Waals surface area contributed by atoms with Crippen LogP contribution in [0.2, 0.25) is 0 Å². The van der Waals surface area contributed by atoms with E-state index in [0.29, 0.717) is 10.9 Å². The molecule has 1 aromatic carbocycles. The third-order valence-electron chi connectivity index (χ3n) is 2.84. The van der Waals surface area contributed by atoms with E-state index in [2.05, 4.69) is 11.1 Å². The molecule has 4 nitrogen and oxygen atoms in total. The largest absolute Gasteiger partial charge is 0.506 e. The molecular weight excluding hydrogens is 214 g/mol. The number of H-pyrrole nitrogens is 1. The second-order valence-electron chi connectivity index (χ2n) is 5.16.